The Morgan fingerprint density at radius 3 is 2.61 bits per heavy atom. The number of carbonyl (C=O) groups is 1. The topological polar surface area (TPSA) is 66.2 Å². The van der Waals surface area contributed by atoms with E-state index in [9.17, 15) is 9.90 Å². The van der Waals surface area contributed by atoms with E-state index in [4.69, 9.17) is 4.42 Å². The summed E-state index contributed by atoms with van der Waals surface area (Å²) in [6.07, 6.45) is 0. The fourth-order valence-corrected chi connectivity index (χ4v) is 1.76. The van der Waals surface area contributed by atoms with Crippen molar-refractivity contribution in [1.82, 2.24) is 4.98 Å². The maximum absolute atomic E-state index is 10.8. The minimum absolute atomic E-state index is 0.0930. The van der Waals surface area contributed by atoms with Crippen molar-refractivity contribution in [2.45, 2.75) is 0 Å². The van der Waals surface area contributed by atoms with Gasteiger partial charge < -0.3 is 14.3 Å². The van der Waals surface area contributed by atoms with Crippen LogP contribution in [-0.4, -0.2) is 11.0 Å². The largest absolute Gasteiger partial charge is 0.545 e. The van der Waals surface area contributed by atoms with Gasteiger partial charge in [0.1, 0.15) is 5.52 Å². The minimum Gasteiger partial charge on any atom is -0.545 e. The van der Waals surface area contributed by atoms with Crippen molar-refractivity contribution in [3.05, 3.63) is 54.1 Å². The van der Waals surface area contributed by atoms with Crippen molar-refractivity contribution in [3.8, 4) is 11.5 Å². The minimum atomic E-state index is -1.22. The van der Waals surface area contributed by atoms with Gasteiger partial charge in [-0.25, -0.2) is 4.98 Å². The molecule has 0 saturated heterocycles. The lowest BCUT2D eigenvalue weighted by Gasteiger charge is -1.99. The molecule has 88 valence electrons. The van der Waals surface area contributed by atoms with Gasteiger partial charge in [-0.2, -0.15) is 0 Å². The number of aromatic nitrogens is 1. The van der Waals surface area contributed by atoms with E-state index in [2.05, 4.69) is 4.98 Å². The van der Waals surface area contributed by atoms with Crippen LogP contribution in [0.1, 0.15) is 10.4 Å². The second-order valence-electron chi connectivity index (χ2n) is 3.86. The van der Waals surface area contributed by atoms with E-state index in [0.717, 1.165) is 5.56 Å². The van der Waals surface area contributed by atoms with Crippen LogP contribution < -0.4 is 5.11 Å². The zero-order chi connectivity index (χ0) is 12.5. The van der Waals surface area contributed by atoms with Crippen LogP contribution in [-0.2, 0) is 0 Å². The molecule has 0 radical (unpaired) electrons. The van der Waals surface area contributed by atoms with Gasteiger partial charge in [0.15, 0.2) is 5.58 Å². The summed E-state index contributed by atoms with van der Waals surface area (Å²) in [6.45, 7) is 0. The van der Waals surface area contributed by atoms with Crippen LogP contribution in [0.15, 0.2) is 52.9 Å². The van der Waals surface area contributed by atoms with Crippen molar-refractivity contribution in [3.63, 3.8) is 0 Å². The van der Waals surface area contributed by atoms with Gasteiger partial charge in [0.25, 0.3) is 0 Å². The second-order valence-corrected chi connectivity index (χ2v) is 3.86. The molecule has 0 spiro atoms. The van der Waals surface area contributed by atoms with Gasteiger partial charge in [0, 0.05) is 5.56 Å². The number of fused-ring (bicyclic) bond motifs is 1. The van der Waals surface area contributed by atoms with Gasteiger partial charge >= 0.3 is 0 Å². The van der Waals surface area contributed by atoms with Crippen molar-refractivity contribution in [2.24, 2.45) is 0 Å². The van der Waals surface area contributed by atoms with Crippen LogP contribution in [0.25, 0.3) is 22.6 Å². The lowest BCUT2D eigenvalue weighted by Crippen LogP contribution is -2.21. The molecule has 0 bridgehead atoms. The highest BCUT2D eigenvalue weighted by atomic mass is 16.4. The van der Waals surface area contributed by atoms with E-state index in [1.54, 1.807) is 6.07 Å². The third-order valence-electron chi connectivity index (χ3n) is 2.64. The van der Waals surface area contributed by atoms with E-state index >= 15 is 0 Å². The summed E-state index contributed by atoms with van der Waals surface area (Å²) >= 11 is 0. The van der Waals surface area contributed by atoms with Crippen LogP contribution in [0.5, 0.6) is 0 Å². The summed E-state index contributed by atoms with van der Waals surface area (Å²) in [5.41, 5.74) is 2.01. The lowest BCUT2D eigenvalue weighted by molar-refractivity contribution is -0.255. The average Bonchev–Trinajstić information content (AvgIpc) is 2.82. The number of hydrogen-bond acceptors (Lipinski definition) is 4. The van der Waals surface area contributed by atoms with E-state index in [0.29, 0.717) is 17.0 Å². The Balaban J connectivity index is 2.14. The predicted octanol–water partition coefficient (Wildman–Crippen LogP) is 1.86. The number of benzene rings is 2. The summed E-state index contributed by atoms with van der Waals surface area (Å²) in [5.74, 6) is -0.748. The zero-order valence-electron chi connectivity index (χ0n) is 9.29. The Bertz CT molecular complexity index is 716. The van der Waals surface area contributed by atoms with Crippen LogP contribution in [0.2, 0.25) is 0 Å². The summed E-state index contributed by atoms with van der Waals surface area (Å²) in [4.78, 5) is 15.0. The predicted molar refractivity (Wildman–Crippen MR) is 63.8 cm³/mol. The van der Waals surface area contributed by atoms with Gasteiger partial charge in [-0.15, -0.1) is 0 Å². The molecule has 3 rings (SSSR count). The third-order valence-corrected chi connectivity index (χ3v) is 2.64. The molecule has 4 nitrogen and oxygen atoms in total. The van der Waals surface area contributed by atoms with Crippen LogP contribution in [0, 0.1) is 0 Å². The number of rotatable bonds is 2. The first-order chi connectivity index (χ1) is 8.74. The molecule has 1 heterocycles. The van der Waals surface area contributed by atoms with E-state index in [1.807, 2.05) is 30.3 Å². The first kappa shape index (κ1) is 10.5. The fraction of sp³-hybridized carbons (Fsp3) is 0. The smallest absolute Gasteiger partial charge is 0.227 e. The van der Waals surface area contributed by atoms with Gasteiger partial charge in [0.05, 0.1) is 5.97 Å². The van der Waals surface area contributed by atoms with Crippen LogP contribution in [0.4, 0.5) is 0 Å². The summed E-state index contributed by atoms with van der Waals surface area (Å²) < 4.78 is 5.56. The Labute approximate surface area is 103 Å². The molecule has 0 aliphatic heterocycles. The molecular formula is C14H8NO3-. The number of carbonyl (C=O) groups excluding carboxylic acids is 1. The third kappa shape index (κ3) is 1.73. The number of carboxylic acid groups (broad SMARTS) is 1. The standard InChI is InChI=1S/C14H9NO3/c16-14(17)10-6-7-12-11(8-10)15-13(18-12)9-4-2-1-3-5-9/h1-8H,(H,16,17)/p-1. The van der Waals surface area contributed by atoms with Gasteiger partial charge in [-0.05, 0) is 35.9 Å². The molecule has 0 N–H and O–H groups in total. The van der Waals surface area contributed by atoms with E-state index < -0.39 is 5.97 Å². The number of carboxylic acids is 1. The zero-order valence-corrected chi connectivity index (χ0v) is 9.29. The number of aromatic carboxylic acids is 1. The fourth-order valence-electron chi connectivity index (χ4n) is 1.76. The Morgan fingerprint density at radius 1 is 1.11 bits per heavy atom. The Hall–Kier alpha value is -2.62. The SMILES string of the molecule is O=C([O-])c1ccc2oc(-c3ccccc3)nc2c1. The van der Waals surface area contributed by atoms with Gasteiger partial charge in [-0.1, -0.05) is 18.2 Å². The molecule has 0 aliphatic rings. The molecule has 18 heavy (non-hydrogen) atoms. The molecule has 0 fully saturated rings. The molecular weight excluding hydrogens is 230 g/mol. The number of nitrogens with zero attached hydrogens (tertiary/aromatic N) is 1. The van der Waals surface area contributed by atoms with Crippen molar-refractivity contribution in [2.75, 3.05) is 0 Å². The molecule has 1 aromatic heterocycles. The molecule has 0 amide bonds. The highest BCUT2D eigenvalue weighted by Gasteiger charge is 2.08. The maximum Gasteiger partial charge on any atom is 0.227 e. The lowest BCUT2D eigenvalue weighted by atomic mass is 10.2. The quantitative estimate of drug-likeness (QED) is 0.683. The second kappa shape index (κ2) is 4.00. The normalized spacial score (nSPS) is 10.7. The van der Waals surface area contributed by atoms with Crippen molar-refractivity contribution < 1.29 is 14.3 Å². The molecule has 0 atom stereocenters. The molecule has 0 unspecified atom stereocenters. The van der Waals surface area contributed by atoms with Gasteiger partial charge in [-0.3, -0.25) is 0 Å². The number of oxazole rings is 1. The maximum atomic E-state index is 10.8. The first-order valence-electron chi connectivity index (χ1n) is 5.41. The number of hydrogen-bond donors (Lipinski definition) is 0. The summed E-state index contributed by atoms with van der Waals surface area (Å²) in [6, 6.07) is 13.9. The Morgan fingerprint density at radius 2 is 1.89 bits per heavy atom. The summed E-state index contributed by atoms with van der Waals surface area (Å²) in [5, 5.41) is 10.8. The van der Waals surface area contributed by atoms with Crippen molar-refractivity contribution >= 4 is 17.1 Å². The average molecular weight is 238 g/mol. The highest BCUT2D eigenvalue weighted by Crippen LogP contribution is 2.24. The molecule has 2 aromatic carbocycles. The monoisotopic (exact) mass is 238 g/mol. The Kier molecular flexibility index (Phi) is 2.34. The van der Waals surface area contributed by atoms with Crippen molar-refractivity contribution in [1.29, 1.82) is 0 Å². The molecule has 4 heteroatoms. The highest BCUT2D eigenvalue weighted by molar-refractivity contribution is 5.91. The van der Waals surface area contributed by atoms with E-state index in [1.165, 1.54) is 12.1 Å². The molecule has 0 aliphatic carbocycles. The van der Waals surface area contributed by atoms with E-state index in [-0.39, 0.29) is 5.56 Å². The van der Waals surface area contributed by atoms with Gasteiger partial charge in [0.2, 0.25) is 5.89 Å². The van der Waals surface area contributed by atoms with Crippen LogP contribution in [0.3, 0.4) is 0 Å². The van der Waals surface area contributed by atoms with Crippen LogP contribution >= 0.6 is 0 Å². The summed E-state index contributed by atoms with van der Waals surface area (Å²) in [7, 11) is 0. The molecule has 3 aromatic rings. The first-order valence-corrected chi connectivity index (χ1v) is 5.41. The molecule has 0 saturated carbocycles.